The molecule has 3 nitrogen and oxygen atoms in total. The van der Waals surface area contributed by atoms with Gasteiger partial charge in [-0.3, -0.25) is 10.1 Å². The van der Waals surface area contributed by atoms with Gasteiger partial charge in [0.15, 0.2) is 0 Å². The molecule has 2 heterocycles. The molecule has 16 heavy (non-hydrogen) atoms. The second-order valence-corrected chi connectivity index (χ2v) is 4.15. The SMILES string of the molecule is FC(F)(F)c1[nH]ncc1-c1ncccc1I. The summed E-state index contributed by atoms with van der Waals surface area (Å²) in [6.45, 7) is 0. The molecule has 0 aliphatic carbocycles. The Balaban J connectivity index is 2.58. The molecule has 2 aromatic heterocycles. The molecule has 0 saturated heterocycles. The summed E-state index contributed by atoms with van der Waals surface area (Å²) in [5.74, 6) is 0. The van der Waals surface area contributed by atoms with Crippen molar-refractivity contribution in [3.05, 3.63) is 33.8 Å². The number of alkyl halides is 3. The summed E-state index contributed by atoms with van der Waals surface area (Å²) in [4.78, 5) is 3.93. The van der Waals surface area contributed by atoms with Gasteiger partial charge >= 0.3 is 6.18 Å². The third-order valence-corrected chi connectivity index (χ3v) is 2.81. The molecule has 84 valence electrons. The van der Waals surface area contributed by atoms with E-state index in [2.05, 4.69) is 10.1 Å². The molecule has 0 aromatic carbocycles. The normalized spacial score (nSPS) is 11.8. The third kappa shape index (κ3) is 2.04. The average Bonchev–Trinajstić information content (AvgIpc) is 2.66. The third-order valence-electron chi connectivity index (χ3n) is 1.94. The Kier molecular flexibility index (Phi) is 2.87. The van der Waals surface area contributed by atoms with Gasteiger partial charge in [-0.2, -0.15) is 18.3 Å². The number of rotatable bonds is 1. The van der Waals surface area contributed by atoms with Gasteiger partial charge in [-0.15, -0.1) is 0 Å². The van der Waals surface area contributed by atoms with E-state index in [0.717, 1.165) is 6.20 Å². The number of aromatic amines is 1. The Labute approximate surface area is 102 Å². The van der Waals surface area contributed by atoms with E-state index < -0.39 is 11.9 Å². The lowest BCUT2D eigenvalue weighted by molar-refractivity contribution is -0.140. The van der Waals surface area contributed by atoms with Crippen molar-refractivity contribution in [1.82, 2.24) is 15.2 Å². The zero-order valence-corrected chi connectivity index (χ0v) is 9.87. The van der Waals surface area contributed by atoms with E-state index in [1.807, 2.05) is 27.7 Å². The summed E-state index contributed by atoms with van der Waals surface area (Å²) in [5.41, 5.74) is -0.620. The second kappa shape index (κ2) is 4.04. The number of pyridine rings is 1. The minimum atomic E-state index is -4.45. The largest absolute Gasteiger partial charge is 0.433 e. The molecule has 7 heteroatoms. The minimum absolute atomic E-state index is 0.0301. The summed E-state index contributed by atoms with van der Waals surface area (Å²) in [6.07, 6.45) is -1.87. The molecule has 0 unspecified atom stereocenters. The van der Waals surface area contributed by atoms with Crippen LogP contribution in [0.3, 0.4) is 0 Å². The fourth-order valence-corrected chi connectivity index (χ4v) is 1.90. The Morgan fingerprint density at radius 1 is 1.31 bits per heavy atom. The fraction of sp³-hybridized carbons (Fsp3) is 0.111. The fourth-order valence-electron chi connectivity index (χ4n) is 1.27. The highest BCUT2D eigenvalue weighted by molar-refractivity contribution is 14.1. The van der Waals surface area contributed by atoms with Crippen molar-refractivity contribution in [2.45, 2.75) is 6.18 Å². The van der Waals surface area contributed by atoms with Gasteiger partial charge in [0.25, 0.3) is 0 Å². The van der Waals surface area contributed by atoms with Crippen LogP contribution in [0.4, 0.5) is 13.2 Å². The summed E-state index contributed by atoms with van der Waals surface area (Å²) in [7, 11) is 0. The first-order valence-electron chi connectivity index (χ1n) is 4.21. The molecule has 0 amide bonds. The van der Waals surface area contributed by atoms with E-state index in [-0.39, 0.29) is 11.3 Å². The van der Waals surface area contributed by atoms with Gasteiger partial charge in [-0.1, -0.05) is 0 Å². The summed E-state index contributed by atoms with van der Waals surface area (Å²) in [6, 6.07) is 3.36. The standard InChI is InChI=1S/C9H5F3IN3/c10-9(11,12)8-5(4-15-16-8)7-6(13)2-1-3-14-7/h1-4H,(H,15,16). The molecule has 0 fully saturated rings. The smallest absolute Gasteiger partial charge is 0.273 e. The van der Waals surface area contributed by atoms with Crippen LogP contribution < -0.4 is 0 Å². The number of nitrogens with one attached hydrogen (secondary N) is 1. The molecule has 0 aliphatic rings. The van der Waals surface area contributed by atoms with Crippen molar-refractivity contribution in [3.8, 4) is 11.3 Å². The van der Waals surface area contributed by atoms with E-state index >= 15 is 0 Å². The van der Waals surface area contributed by atoms with E-state index in [1.165, 1.54) is 6.20 Å². The van der Waals surface area contributed by atoms with Gasteiger partial charge in [0.05, 0.1) is 17.5 Å². The maximum atomic E-state index is 12.6. The van der Waals surface area contributed by atoms with Crippen LogP contribution in [-0.2, 0) is 6.18 Å². The highest BCUT2D eigenvalue weighted by Gasteiger charge is 2.36. The molecule has 2 aromatic rings. The van der Waals surface area contributed by atoms with Crippen molar-refractivity contribution in [3.63, 3.8) is 0 Å². The molecule has 0 aliphatic heterocycles. The molecule has 1 N–H and O–H groups in total. The lowest BCUT2D eigenvalue weighted by Crippen LogP contribution is -2.08. The lowest BCUT2D eigenvalue weighted by Gasteiger charge is -2.07. The number of aromatic nitrogens is 3. The number of halogens is 4. The van der Waals surface area contributed by atoms with Crippen molar-refractivity contribution in [2.75, 3.05) is 0 Å². The summed E-state index contributed by atoms with van der Waals surface area (Å²) < 4.78 is 38.4. The van der Waals surface area contributed by atoms with Gasteiger partial charge in [0, 0.05) is 9.77 Å². The van der Waals surface area contributed by atoms with Gasteiger partial charge in [0.2, 0.25) is 0 Å². The molecule has 2 rings (SSSR count). The predicted molar refractivity (Wildman–Crippen MR) is 59.5 cm³/mol. The average molecular weight is 339 g/mol. The van der Waals surface area contributed by atoms with E-state index in [4.69, 9.17) is 0 Å². The monoisotopic (exact) mass is 339 g/mol. The van der Waals surface area contributed by atoms with E-state index in [9.17, 15) is 13.2 Å². The molecule has 0 atom stereocenters. The molecule has 0 saturated carbocycles. The van der Waals surface area contributed by atoms with Gasteiger partial charge in [-0.25, -0.2) is 0 Å². The number of H-pyrrole nitrogens is 1. The van der Waals surface area contributed by atoms with Gasteiger partial charge in [0.1, 0.15) is 5.69 Å². The van der Waals surface area contributed by atoms with Crippen LogP contribution in [0.2, 0.25) is 0 Å². The first-order chi connectivity index (χ1) is 7.50. The lowest BCUT2D eigenvalue weighted by atomic mass is 10.1. The Bertz CT molecular complexity index is 507. The molecule has 0 spiro atoms. The van der Waals surface area contributed by atoms with Crippen LogP contribution in [0.5, 0.6) is 0 Å². The highest BCUT2D eigenvalue weighted by Crippen LogP contribution is 2.35. The number of nitrogens with zero attached hydrogens (tertiary/aromatic N) is 2. The maximum absolute atomic E-state index is 12.6. The van der Waals surface area contributed by atoms with Crippen LogP contribution >= 0.6 is 22.6 Å². The highest BCUT2D eigenvalue weighted by atomic mass is 127. The number of hydrogen-bond donors (Lipinski definition) is 1. The van der Waals surface area contributed by atoms with Crippen LogP contribution in [-0.4, -0.2) is 15.2 Å². The van der Waals surface area contributed by atoms with Crippen molar-refractivity contribution in [2.24, 2.45) is 0 Å². The van der Waals surface area contributed by atoms with Crippen molar-refractivity contribution >= 4 is 22.6 Å². The number of hydrogen-bond acceptors (Lipinski definition) is 2. The second-order valence-electron chi connectivity index (χ2n) is 2.99. The Morgan fingerprint density at radius 2 is 2.06 bits per heavy atom. The van der Waals surface area contributed by atoms with Crippen LogP contribution in [0, 0.1) is 3.57 Å². The van der Waals surface area contributed by atoms with Gasteiger partial charge < -0.3 is 0 Å². The molecular weight excluding hydrogens is 334 g/mol. The van der Waals surface area contributed by atoms with Gasteiger partial charge in [-0.05, 0) is 34.7 Å². The molecule has 0 bridgehead atoms. The van der Waals surface area contributed by atoms with Crippen LogP contribution in [0.1, 0.15) is 5.69 Å². The quantitative estimate of drug-likeness (QED) is 0.812. The summed E-state index contributed by atoms with van der Waals surface area (Å²) in [5, 5.41) is 5.37. The van der Waals surface area contributed by atoms with Crippen LogP contribution in [0.15, 0.2) is 24.5 Å². The van der Waals surface area contributed by atoms with E-state index in [1.54, 1.807) is 12.1 Å². The minimum Gasteiger partial charge on any atom is -0.273 e. The first kappa shape index (κ1) is 11.4. The van der Waals surface area contributed by atoms with Crippen molar-refractivity contribution < 1.29 is 13.2 Å². The Hall–Kier alpha value is -1.12. The van der Waals surface area contributed by atoms with E-state index in [0.29, 0.717) is 3.57 Å². The first-order valence-corrected chi connectivity index (χ1v) is 5.29. The molecule has 0 radical (unpaired) electrons. The molecular formula is C9H5F3IN3. The van der Waals surface area contributed by atoms with Crippen molar-refractivity contribution in [1.29, 1.82) is 0 Å². The van der Waals surface area contributed by atoms with Crippen LogP contribution in [0.25, 0.3) is 11.3 Å². The predicted octanol–water partition coefficient (Wildman–Crippen LogP) is 3.10. The zero-order chi connectivity index (χ0) is 11.8. The summed E-state index contributed by atoms with van der Waals surface area (Å²) >= 11 is 1.93. The maximum Gasteiger partial charge on any atom is 0.433 e. The zero-order valence-electron chi connectivity index (χ0n) is 7.72. The topological polar surface area (TPSA) is 41.6 Å². The Morgan fingerprint density at radius 3 is 2.69 bits per heavy atom.